The van der Waals surface area contributed by atoms with Crippen molar-refractivity contribution in [2.45, 2.75) is 13.3 Å². The van der Waals surface area contributed by atoms with Gasteiger partial charge in [0.15, 0.2) is 7.14 Å². The lowest BCUT2D eigenvalue weighted by Gasteiger charge is -2.27. The number of benzene rings is 6. The molecule has 6 aromatic carbocycles. The fourth-order valence-electron chi connectivity index (χ4n) is 6.16. The highest BCUT2D eigenvalue weighted by Gasteiger charge is 2.38. The van der Waals surface area contributed by atoms with Crippen molar-refractivity contribution in [3.8, 4) is 22.3 Å². The lowest BCUT2D eigenvalue weighted by Crippen LogP contribution is -2.28. The summed E-state index contributed by atoms with van der Waals surface area (Å²) >= 11 is 0. The van der Waals surface area contributed by atoms with Gasteiger partial charge in [0.1, 0.15) is 0 Å². The first-order valence-electron chi connectivity index (χ1n) is 13.1. The molecule has 1 aliphatic rings. The molecule has 6 aromatic rings. The second-order valence-electron chi connectivity index (χ2n) is 10.1. The van der Waals surface area contributed by atoms with E-state index in [1.807, 2.05) is 60.7 Å². The largest absolute Gasteiger partial charge is 0.309 e. The Bertz CT molecular complexity index is 1810. The van der Waals surface area contributed by atoms with Gasteiger partial charge in [-0.3, -0.25) is 0 Å². The molecule has 7 rings (SSSR count). The normalized spacial score (nSPS) is 12.3. The van der Waals surface area contributed by atoms with Crippen LogP contribution in [0.4, 0.5) is 0 Å². The van der Waals surface area contributed by atoms with Crippen LogP contribution in [0, 0.1) is 6.92 Å². The first-order valence-corrected chi connectivity index (χ1v) is 14.8. The van der Waals surface area contributed by atoms with Crippen molar-refractivity contribution < 1.29 is 4.57 Å². The molecular weight excluding hydrogens is 479 g/mol. The number of hydrogen-bond donors (Lipinski definition) is 0. The molecular formula is C36H27OP. The molecule has 0 saturated heterocycles. The molecule has 0 amide bonds. The van der Waals surface area contributed by atoms with Gasteiger partial charge in [0.2, 0.25) is 0 Å². The Hall–Kier alpha value is -4.19. The molecule has 0 unspecified atom stereocenters. The average molecular weight is 507 g/mol. The van der Waals surface area contributed by atoms with Gasteiger partial charge in [-0.1, -0.05) is 139 Å². The van der Waals surface area contributed by atoms with Crippen LogP contribution >= 0.6 is 7.14 Å². The minimum absolute atomic E-state index is 0.772. The highest BCUT2D eigenvalue weighted by atomic mass is 31.2. The third-order valence-electron chi connectivity index (χ3n) is 7.81. The van der Waals surface area contributed by atoms with E-state index in [0.717, 1.165) is 33.1 Å². The quantitative estimate of drug-likeness (QED) is 0.221. The van der Waals surface area contributed by atoms with Crippen molar-refractivity contribution in [1.29, 1.82) is 0 Å². The molecule has 0 aliphatic heterocycles. The van der Waals surface area contributed by atoms with Crippen LogP contribution in [-0.4, -0.2) is 0 Å². The topological polar surface area (TPSA) is 17.1 Å². The summed E-state index contributed by atoms with van der Waals surface area (Å²) < 4.78 is 15.9. The van der Waals surface area contributed by atoms with Crippen molar-refractivity contribution in [1.82, 2.24) is 0 Å². The molecule has 0 bridgehead atoms. The monoisotopic (exact) mass is 506 g/mol. The van der Waals surface area contributed by atoms with Gasteiger partial charge in [0.25, 0.3) is 0 Å². The van der Waals surface area contributed by atoms with E-state index in [0.29, 0.717) is 0 Å². The summed E-state index contributed by atoms with van der Waals surface area (Å²) in [6.07, 6.45) is 0.772. The molecule has 0 fully saturated rings. The van der Waals surface area contributed by atoms with Gasteiger partial charge >= 0.3 is 0 Å². The van der Waals surface area contributed by atoms with E-state index in [-0.39, 0.29) is 0 Å². The highest BCUT2D eigenvalue weighted by molar-refractivity contribution is 7.85. The van der Waals surface area contributed by atoms with Crippen molar-refractivity contribution in [2.24, 2.45) is 0 Å². The van der Waals surface area contributed by atoms with Gasteiger partial charge in [-0.25, -0.2) is 0 Å². The van der Waals surface area contributed by atoms with Crippen LogP contribution in [-0.2, 0) is 11.0 Å². The minimum atomic E-state index is -3.22. The zero-order chi connectivity index (χ0) is 25.7. The van der Waals surface area contributed by atoms with E-state index in [4.69, 9.17) is 0 Å². The third kappa shape index (κ3) is 3.43. The molecule has 0 heterocycles. The average Bonchev–Trinajstić information content (AvgIpc) is 3.35. The minimum Gasteiger partial charge on any atom is -0.309 e. The zero-order valence-corrected chi connectivity index (χ0v) is 22.2. The summed E-state index contributed by atoms with van der Waals surface area (Å²) in [6.45, 7) is 2.13. The van der Waals surface area contributed by atoms with Crippen molar-refractivity contribution in [3.63, 3.8) is 0 Å². The molecule has 1 nitrogen and oxygen atoms in total. The van der Waals surface area contributed by atoms with Crippen LogP contribution < -0.4 is 15.9 Å². The van der Waals surface area contributed by atoms with Gasteiger partial charge in [0, 0.05) is 15.9 Å². The maximum absolute atomic E-state index is 15.9. The summed E-state index contributed by atoms with van der Waals surface area (Å²) in [5, 5.41) is 4.98. The van der Waals surface area contributed by atoms with E-state index >= 15 is 4.57 Å². The lowest BCUT2D eigenvalue weighted by atomic mass is 9.88. The second-order valence-corrected chi connectivity index (χ2v) is 12.8. The summed E-state index contributed by atoms with van der Waals surface area (Å²) in [7, 11) is -3.22. The van der Waals surface area contributed by atoms with Crippen LogP contribution in [0.1, 0.15) is 16.7 Å². The Morgan fingerprint density at radius 2 is 1.16 bits per heavy atom. The van der Waals surface area contributed by atoms with Gasteiger partial charge in [-0.15, -0.1) is 0 Å². The van der Waals surface area contributed by atoms with Crippen LogP contribution in [0.3, 0.4) is 0 Å². The Kier molecular flexibility index (Phi) is 5.43. The summed E-state index contributed by atoms with van der Waals surface area (Å²) in [5.74, 6) is 0. The van der Waals surface area contributed by atoms with Gasteiger partial charge in [-0.05, 0) is 57.5 Å². The molecule has 0 N–H and O–H groups in total. The van der Waals surface area contributed by atoms with Crippen molar-refractivity contribution in [3.05, 3.63) is 150 Å². The number of hydrogen-bond acceptors (Lipinski definition) is 1. The molecule has 1 aliphatic carbocycles. The predicted molar refractivity (Wildman–Crippen MR) is 162 cm³/mol. The fraction of sp³-hybridized carbons (Fsp3) is 0.0556. The highest BCUT2D eigenvalue weighted by Crippen LogP contribution is 2.53. The first-order chi connectivity index (χ1) is 18.7. The molecule has 0 atom stereocenters. The summed E-state index contributed by atoms with van der Waals surface area (Å²) in [5.41, 5.74) is 8.55. The van der Waals surface area contributed by atoms with Gasteiger partial charge in [-0.2, -0.15) is 0 Å². The number of aryl methyl sites for hydroxylation is 1. The maximum Gasteiger partial charge on any atom is 0.171 e. The SMILES string of the molecule is Cc1ccc2c(-c3ccccc3)c3c(c(P(=O)(c4ccccc4)c4ccccc4)c2c1)Cc1ccccc1-3. The van der Waals surface area contributed by atoms with Crippen molar-refractivity contribution in [2.75, 3.05) is 0 Å². The standard InChI is InChI=1S/C36H27OP/c1-25-21-22-31-32(23-25)36(38(37,28-16-7-3-8-17-28)29-18-9-4-10-19-29)33-24-27-15-11-12-20-30(27)35(33)34(31)26-13-5-2-6-14-26/h2-23H,24H2,1H3. The smallest absolute Gasteiger partial charge is 0.171 e. The van der Waals surface area contributed by atoms with Crippen LogP contribution in [0.2, 0.25) is 0 Å². The van der Waals surface area contributed by atoms with E-state index in [9.17, 15) is 0 Å². The van der Waals surface area contributed by atoms with Gasteiger partial charge < -0.3 is 4.57 Å². The molecule has 2 heteroatoms. The number of fused-ring (bicyclic) bond motifs is 4. The molecule has 182 valence electrons. The maximum atomic E-state index is 15.9. The second kappa shape index (κ2) is 8.98. The van der Waals surface area contributed by atoms with E-state index < -0.39 is 7.14 Å². The van der Waals surface area contributed by atoms with Crippen LogP contribution in [0.5, 0.6) is 0 Å². The molecule has 38 heavy (non-hydrogen) atoms. The van der Waals surface area contributed by atoms with Crippen LogP contribution in [0.25, 0.3) is 33.0 Å². The third-order valence-corrected chi connectivity index (χ3v) is 11.0. The van der Waals surface area contributed by atoms with Crippen LogP contribution in [0.15, 0.2) is 133 Å². The van der Waals surface area contributed by atoms with E-state index in [2.05, 4.69) is 79.7 Å². The molecule has 0 aromatic heterocycles. The van der Waals surface area contributed by atoms with Gasteiger partial charge in [0.05, 0.1) is 0 Å². The number of rotatable bonds is 4. The van der Waals surface area contributed by atoms with Crippen molar-refractivity contribution >= 4 is 33.8 Å². The molecule has 0 saturated carbocycles. The first kappa shape index (κ1) is 23.0. The Morgan fingerprint density at radius 1 is 0.579 bits per heavy atom. The summed E-state index contributed by atoms with van der Waals surface area (Å²) in [4.78, 5) is 0. The Labute approximate surface area is 223 Å². The Morgan fingerprint density at radius 3 is 1.82 bits per heavy atom. The lowest BCUT2D eigenvalue weighted by molar-refractivity contribution is 0.592. The predicted octanol–water partition coefficient (Wildman–Crippen LogP) is 8.03. The van der Waals surface area contributed by atoms with E-state index in [1.54, 1.807) is 0 Å². The Balaban J connectivity index is 1.71. The van der Waals surface area contributed by atoms with E-state index in [1.165, 1.54) is 38.9 Å². The zero-order valence-electron chi connectivity index (χ0n) is 21.3. The molecule has 0 spiro atoms. The molecule has 0 radical (unpaired) electrons. The summed E-state index contributed by atoms with van der Waals surface area (Å²) in [6, 6.07) is 46.2. The fourth-order valence-corrected chi connectivity index (χ4v) is 9.26.